The summed E-state index contributed by atoms with van der Waals surface area (Å²) < 4.78 is 11.3. The number of ketones is 1. The van der Waals surface area contributed by atoms with Crippen LogP contribution in [-0.4, -0.2) is 23.9 Å². The molecule has 0 saturated heterocycles. The zero-order chi connectivity index (χ0) is 18.0. The molecule has 0 aromatic heterocycles. The fraction of sp³-hybridized carbons (Fsp3) is 0.300. The second kappa shape index (κ2) is 6.59. The Bertz CT molecular complexity index is 826. The van der Waals surface area contributed by atoms with E-state index in [1.807, 2.05) is 39.0 Å². The smallest absolute Gasteiger partial charge is 0.262 e. The Kier molecular flexibility index (Phi) is 4.49. The SMILES string of the molecule is Cc1cccc(OCC(=O)Nc2ccc3c(c2)C(=O)CC(C)(C)O3)c1. The first kappa shape index (κ1) is 17.0. The Morgan fingerprint density at radius 2 is 2.04 bits per heavy atom. The molecule has 2 aromatic rings. The largest absolute Gasteiger partial charge is 0.487 e. The molecule has 3 rings (SSSR count). The molecular weight excluding hydrogens is 318 g/mol. The van der Waals surface area contributed by atoms with E-state index in [1.165, 1.54) is 0 Å². The molecule has 0 bridgehead atoms. The molecule has 5 nitrogen and oxygen atoms in total. The van der Waals surface area contributed by atoms with Crippen LogP contribution >= 0.6 is 0 Å². The summed E-state index contributed by atoms with van der Waals surface area (Å²) in [5.41, 5.74) is 1.61. The highest BCUT2D eigenvalue weighted by Crippen LogP contribution is 2.34. The van der Waals surface area contributed by atoms with Crippen molar-refractivity contribution < 1.29 is 19.1 Å². The minimum Gasteiger partial charge on any atom is -0.487 e. The van der Waals surface area contributed by atoms with Gasteiger partial charge in [-0.15, -0.1) is 0 Å². The van der Waals surface area contributed by atoms with E-state index in [4.69, 9.17) is 9.47 Å². The molecular formula is C20H21NO4. The van der Waals surface area contributed by atoms with Crippen LogP contribution in [0.25, 0.3) is 0 Å². The van der Waals surface area contributed by atoms with E-state index >= 15 is 0 Å². The van der Waals surface area contributed by atoms with Gasteiger partial charge >= 0.3 is 0 Å². The van der Waals surface area contributed by atoms with Gasteiger partial charge in [-0.2, -0.15) is 0 Å². The van der Waals surface area contributed by atoms with E-state index in [0.717, 1.165) is 5.56 Å². The van der Waals surface area contributed by atoms with Crippen LogP contribution in [0.5, 0.6) is 11.5 Å². The van der Waals surface area contributed by atoms with Gasteiger partial charge in [0.05, 0.1) is 12.0 Å². The van der Waals surface area contributed by atoms with Gasteiger partial charge in [-0.1, -0.05) is 12.1 Å². The van der Waals surface area contributed by atoms with Crippen molar-refractivity contribution >= 4 is 17.4 Å². The number of Topliss-reactive ketones (excluding diaryl/α,β-unsaturated/α-hetero) is 1. The van der Waals surface area contributed by atoms with Gasteiger partial charge in [-0.05, 0) is 56.7 Å². The number of nitrogens with one attached hydrogen (secondary N) is 1. The number of benzene rings is 2. The second-order valence-corrected chi connectivity index (χ2v) is 6.83. The first-order valence-electron chi connectivity index (χ1n) is 8.18. The lowest BCUT2D eigenvalue weighted by atomic mass is 9.93. The Hall–Kier alpha value is -2.82. The third kappa shape index (κ3) is 4.18. The zero-order valence-electron chi connectivity index (χ0n) is 14.6. The summed E-state index contributed by atoms with van der Waals surface area (Å²) in [7, 11) is 0. The van der Waals surface area contributed by atoms with Crippen LogP contribution in [0, 0.1) is 6.92 Å². The average molecular weight is 339 g/mol. The second-order valence-electron chi connectivity index (χ2n) is 6.83. The molecule has 2 aromatic carbocycles. The van der Waals surface area contributed by atoms with Crippen molar-refractivity contribution in [2.45, 2.75) is 32.8 Å². The van der Waals surface area contributed by atoms with Crippen molar-refractivity contribution in [3.63, 3.8) is 0 Å². The summed E-state index contributed by atoms with van der Waals surface area (Å²) in [5.74, 6) is 0.922. The molecule has 0 fully saturated rings. The van der Waals surface area contributed by atoms with Gasteiger partial charge in [-0.25, -0.2) is 0 Å². The molecule has 25 heavy (non-hydrogen) atoms. The molecule has 0 radical (unpaired) electrons. The first-order valence-corrected chi connectivity index (χ1v) is 8.18. The Balaban J connectivity index is 1.64. The van der Waals surface area contributed by atoms with Gasteiger partial charge in [0.25, 0.3) is 5.91 Å². The number of carbonyl (C=O) groups is 2. The molecule has 1 heterocycles. The molecule has 0 atom stereocenters. The molecule has 5 heteroatoms. The number of ether oxygens (including phenoxy) is 2. The number of aryl methyl sites for hydroxylation is 1. The number of anilines is 1. The highest BCUT2D eigenvalue weighted by molar-refractivity contribution is 6.02. The standard InChI is InChI=1S/C20H21NO4/c1-13-5-4-6-15(9-13)24-12-19(23)21-14-7-8-18-16(10-14)17(22)11-20(2,3)25-18/h4-10H,11-12H2,1-3H3,(H,21,23). The summed E-state index contributed by atoms with van der Waals surface area (Å²) in [6.45, 7) is 5.62. The van der Waals surface area contributed by atoms with E-state index in [2.05, 4.69) is 5.32 Å². The van der Waals surface area contributed by atoms with Crippen LogP contribution in [0.15, 0.2) is 42.5 Å². The Morgan fingerprint density at radius 3 is 2.80 bits per heavy atom. The van der Waals surface area contributed by atoms with Crippen molar-refractivity contribution in [3.8, 4) is 11.5 Å². The molecule has 0 unspecified atom stereocenters. The molecule has 1 aliphatic heterocycles. The van der Waals surface area contributed by atoms with Gasteiger partial charge in [0, 0.05) is 5.69 Å². The predicted octanol–water partition coefficient (Wildman–Crippen LogP) is 3.76. The van der Waals surface area contributed by atoms with E-state index in [-0.39, 0.29) is 18.3 Å². The van der Waals surface area contributed by atoms with Crippen molar-refractivity contribution in [3.05, 3.63) is 53.6 Å². The van der Waals surface area contributed by atoms with Crippen molar-refractivity contribution in [2.24, 2.45) is 0 Å². The van der Waals surface area contributed by atoms with Crippen molar-refractivity contribution in [1.29, 1.82) is 0 Å². The van der Waals surface area contributed by atoms with Crippen LogP contribution in [0.3, 0.4) is 0 Å². The lowest BCUT2D eigenvalue weighted by molar-refractivity contribution is -0.118. The molecule has 1 N–H and O–H groups in total. The Morgan fingerprint density at radius 1 is 1.24 bits per heavy atom. The lowest BCUT2D eigenvalue weighted by Gasteiger charge is -2.31. The normalized spacial score (nSPS) is 15.1. The van der Waals surface area contributed by atoms with E-state index in [1.54, 1.807) is 24.3 Å². The number of amides is 1. The van der Waals surface area contributed by atoms with E-state index in [9.17, 15) is 9.59 Å². The summed E-state index contributed by atoms with van der Waals surface area (Å²) in [6.07, 6.45) is 0.313. The molecule has 130 valence electrons. The molecule has 0 spiro atoms. The first-order chi connectivity index (χ1) is 11.8. The molecule has 0 saturated carbocycles. The van der Waals surface area contributed by atoms with Crippen molar-refractivity contribution in [2.75, 3.05) is 11.9 Å². The maximum absolute atomic E-state index is 12.3. The quantitative estimate of drug-likeness (QED) is 0.921. The maximum atomic E-state index is 12.3. The van der Waals surface area contributed by atoms with E-state index in [0.29, 0.717) is 29.2 Å². The van der Waals surface area contributed by atoms with Gasteiger partial charge in [0.15, 0.2) is 12.4 Å². The van der Waals surface area contributed by atoms with Gasteiger partial charge in [0.2, 0.25) is 0 Å². The van der Waals surface area contributed by atoms with Gasteiger partial charge in [0.1, 0.15) is 17.1 Å². The number of carbonyl (C=O) groups excluding carboxylic acids is 2. The highest BCUT2D eigenvalue weighted by Gasteiger charge is 2.32. The predicted molar refractivity (Wildman–Crippen MR) is 95.4 cm³/mol. The topological polar surface area (TPSA) is 64.6 Å². The number of fused-ring (bicyclic) bond motifs is 1. The molecule has 1 amide bonds. The Labute approximate surface area is 147 Å². The fourth-order valence-corrected chi connectivity index (χ4v) is 2.78. The number of hydrogen-bond donors (Lipinski definition) is 1. The fourth-order valence-electron chi connectivity index (χ4n) is 2.78. The van der Waals surface area contributed by atoms with Crippen LogP contribution in [-0.2, 0) is 4.79 Å². The van der Waals surface area contributed by atoms with Gasteiger partial charge < -0.3 is 14.8 Å². The summed E-state index contributed by atoms with van der Waals surface area (Å²) in [4.78, 5) is 24.3. The summed E-state index contributed by atoms with van der Waals surface area (Å²) in [6, 6.07) is 12.6. The monoisotopic (exact) mass is 339 g/mol. The minimum absolute atomic E-state index is 0.0124. The maximum Gasteiger partial charge on any atom is 0.262 e. The van der Waals surface area contributed by atoms with Crippen LogP contribution in [0.2, 0.25) is 0 Å². The van der Waals surface area contributed by atoms with Crippen LogP contribution in [0.4, 0.5) is 5.69 Å². The van der Waals surface area contributed by atoms with Crippen molar-refractivity contribution in [1.82, 2.24) is 0 Å². The van der Waals surface area contributed by atoms with Crippen LogP contribution < -0.4 is 14.8 Å². The third-order valence-corrected chi connectivity index (χ3v) is 3.90. The number of hydrogen-bond acceptors (Lipinski definition) is 4. The third-order valence-electron chi connectivity index (χ3n) is 3.90. The number of rotatable bonds is 4. The minimum atomic E-state index is -0.503. The highest BCUT2D eigenvalue weighted by atomic mass is 16.5. The molecule has 0 aliphatic carbocycles. The van der Waals surface area contributed by atoms with E-state index < -0.39 is 5.60 Å². The summed E-state index contributed by atoms with van der Waals surface area (Å²) in [5, 5.41) is 2.75. The summed E-state index contributed by atoms with van der Waals surface area (Å²) >= 11 is 0. The average Bonchev–Trinajstić information content (AvgIpc) is 2.53. The zero-order valence-corrected chi connectivity index (χ0v) is 14.6. The lowest BCUT2D eigenvalue weighted by Crippen LogP contribution is -2.35. The molecule has 1 aliphatic rings. The van der Waals surface area contributed by atoms with Gasteiger partial charge in [-0.3, -0.25) is 9.59 Å². The van der Waals surface area contributed by atoms with Crippen LogP contribution in [0.1, 0.15) is 36.2 Å².